The summed E-state index contributed by atoms with van der Waals surface area (Å²) in [4.78, 5) is 18.1. The first-order valence-corrected chi connectivity index (χ1v) is 11.6. The first-order valence-electron chi connectivity index (χ1n) is 10.9. The lowest BCUT2D eigenvalue weighted by molar-refractivity contribution is 0.100. The molecule has 1 aromatic heterocycles. The molecule has 1 heterocycles. The van der Waals surface area contributed by atoms with Crippen LogP contribution in [0.15, 0.2) is 54.7 Å². The van der Waals surface area contributed by atoms with E-state index in [1.54, 1.807) is 54.6 Å². The number of halogens is 3. The maximum atomic E-state index is 14.7. The van der Waals surface area contributed by atoms with Gasteiger partial charge in [0.2, 0.25) is 5.91 Å². The molecule has 4 rings (SSSR count). The van der Waals surface area contributed by atoms with Crippen LogP contribution in [0.5, 0.6) is 5.75 Å². The van der Waals surface area contributed by atoms with Crippen molar-refractivity contribution in [2.45, 2.75) is 19.8 Å². The summed E-state index contributed by atoms with van der Waals surface area (Å²) < 4.78 is 20.9. The molecule has 1 aliphatic rings. The second-order valence-corrected chi connectivity index (χ2v) is 9.00. The molecule has 1 aliphatic carbocycles. The topological polar surface area (TPSA) is 68.5 Å². The van der Waals surface area contributed by atoms with Gasteiger partial charge in [-0.2, -0.15) is 0 Å². The molecule has 5 nitrogen and oxygen atoms in total. The van der Waals surface area contributed by atoms with Crippen LogP contribution >= 0.6 is 23.2 Å². The normalized spacial score (nSPS) is 13.6. The smallest absolute Gasteiger partial charge is 0.248 e. The van der Waals surface area contributed by atoms with E-state index in [-0.39, 0.29) is 5.56 Å². The van der Waals surface area contributed by atoms with E-state index < -0.39 is 11.7 Å². The Labute approximate surface area is 208 Å². The molecule has 0 atom stereocenters. The highest BCUT2D eigenvalue weighted by molar-refractivity contribution is 6.33. The predicted octanol–water partition coefficient (Wildman–Crippen LogP) is 6.58. The van der Waals surface area contributed by atoms with Crippen LogP contribution in [0.4, 0.5) is 10.2 Å². The van der Waals surface area contributed by atoms with Crippen molar-refractivity contribution in [3.8, 4) is 16.9 Å². The second-order valence-electron chi connectivity index (χ2n) is 8.19. The van der Waals surface area contributed by atoms with Crippen molar-refractivity contribution in [2.75, 3.05) is 18.6 Å². The molecular weight excluding hydrogens is 476 g/mol. The van der Waals surface area contributed by atoms with Crippen LogP contribution in [0.25, 0.3) is 16.8 Å². The molecule has 0 bridgehead atoms. The van der Waals surface area contributed by atoms with Crippen molar-refractivity contribution in [3.63, 3.8) is 0 Å². The molecular formula is C26H24Cl2FN3O2. The van der Waals surface area contributed by atoms with Crippen molar-refractivity contribution in [1.82, 2.24) is 4.98 Å². The number of ether oxygens (including phenoxy) is 1. The molecule has 0 spiro atoms. The van der Waals surface area contributed by atoms with Gasteiger partial charge in [0, 0.05) is 40.7 Å². The van der Waals surface area contributed by atoms with Crippen molar-refractivity contribution < 1.29 is 13.9 Å². The van der Waals surface area contributed by atoms with Gasteiger partial charge in [-0.1, -0.05) is 35.3 Å². The number of carbonyl (C=O) groups excluding carboxylic acids is 1. The van der Waals surface area contributed by atoms with E-state index in [1.165, 1.54) is 6.07 Å². The Balaban J connectivity index is 1.78. The molecule has 1 amide bonds. The molecule has 2 aromatic carbocycles. The third-order valence-electron chi connectivity index (χ3n) is 5.74. The summed E-state index contributed by atoms with van der Waals surface area (Å²) in [5.41, 5.74) is 7.89. The molecule has 3 aromatic rings. The highest BCUT2D eigenvalue weighted by Gasteiger charge is 2.25. The van der Waals surface area contributed by atoms with Gasteiger partial charge in [-0.3, -0.25) is 4.79 Å². The monoisotopic (exact) mass is 499 g/mol. The Kier molecular flexibility index (Phi) is 7.10. The highest BCUT2D eigenvalue weighted by Crippen LogP contribution is 2.39. The van der Waals surface area contributed by atoms with Crippen molar-refractivity contribution in [3.05, 3.63) is 81.7 Å². The number of pyridine rings is 1. The number of carbonyl (C=O) groups is 1. The van der Waals surface area contributed by atoms with Crippen molar-refractivity contribution >= 4 is 40.6 Å². The van der Waals surface area contributed by atoms with E-state index in [1.807, 2.05) is 13.0 Å². The van der Waals surface area contributed by atoms with Crippen LogP contribution < -0.4 is 15.4 Å². The van der Waals surface area contributed by atoms with E-state index in [0.29, 0.717) is 56.5 Å². The SMILES string of the molecule is CC=C(c1c(F)cccc1Cl)N(C)c1ncc(-c2cc(C(N)=O)ccc2Cl)cc1OCC1CC1. The van der Waals surface area contributed by atoms with Gasteiger partial charge in [0.15, 0.2) is 11.6 Å². The Bertz CT molecular complexity index is 1250. The van der Waals surface area contributed by atoms with Crippen molar-refractivity contribution in [1.29, 1.82) is 0 Å². The third kappa shape index (κ3) is 5.03. The van der Waals surface area contributed by atoms with Crippen LogP contribution in [0.2, 0.25) is 10.0 Å². The van der Waals surface area contributed by atoms with Gasteiger partial charge in [0.05, 0.1) is 17.2 Å². The molecule has 8 heteroatoms. The van der Waals surface area contributed by atoms with Gasteiger partial charge in [0.25, 0.3) is 0 Å². The minimum atomic E-state index is -0.549. The molecule has 34 heavy (non-hydrogen) atoms. The van der Waals surface area contributed by atoms with Gasteiger partial charge in [-0.15, -0.1) is 0 Å². The Hall–Kier alpha value is -3.09. The standard InChI is InChI=1S/C26H24Cl2FN3O2/c1-3-22(24-20(28)5-4-6-21(24)29)32(2)26-23(34-14-15-7-8-15)12-17(13-31-26)18-11-16(25(30)33)9-10-19(18)27/h3-6,9-13,15H,7-8,14H2,1-2H3,(H2,30,33). The third-order valence-corrected chi connectivity index (χ3v) is 6.38. The number of anilines is 1. The van der Waals surface area contributed by atoms with Crippen LogP contribution in [-0.4, -0.2) is 24.5 Å². The Morgan fingerprint density at radius 1 is 1.24 bits per heavy atom. The number of nitrogens with zero attached hydrogens (tertiary/aromatic N) is 2. The zero-order chi connectivity index (χ0) is 24.4. The number of nitrogens with two attached hydrogens (primary N) is 1. The second kappa shape index (κ2) is 10.0. The predicted molar refractivity (Wildman–Crippen MR) is 135 cm³/mol. The van der Waals surface area contributed by atoms with Gasteiger partial charge >= 0.3 is 0 Å². The number of aromatic nitrogens is 1. The summed E-state index contributed by atoms with van der Waals surface area (Å²) >= 11 is 12.8. The fourth-order valence-corrected chi connectivity index (χ4v) is 4.18. The summed E-state index contributed by atoms with van der Waals surface area (Å²) in [5, 5.41) is 0.750. The fraction of sp³-hybridized carbons (Fsp3) is 0.231. The summed E-state index contributed by atoms with van der Waals surface area (Å²) in [7, 11) is 1.78. The van der Waals surface area contributed by atoms with Gasteiger partial charge in [0.1, 0.15) is 5.82 Å². The minimum absolute atomic E-state index is 0.283. The van der Waals surface area contributed by atoms with Crippen LogP contribution in [0.1, 0.15) is 35.7 Å². The largest absolute Gasteiger partial charge is 0.489 e. The lowest BCUT2D eigenvalue weighted by atomic mass is 10.0. The average molecular weight is 500 g/mol. The summed E-state index contributed by atoms with van der Waals surface area (Å²) in [6, 6.07) is 11.2. The minimum Gasteiger partial charge on any atom is -0.489 e. The van der Waals surface area contributed by atoms with E-state index in [4.69, 9.17) is 33.7 Å². The van der Waals surface area contributed by atoms with Crippen LogP contribution in [0, 0.1) is 11.7 Å². The van der Waals surface area contributed by atoms with Gasteiger partial charge in [-0.05, 0) is 62.1 Å². The summed E-state index contributed by atoms with van der Waals surface area (Å²) in [5.74, 6) is 0.538. The molecule has 0 saturated heterocycles. The van der Waals surface area contributed by atoms with Crippen molar-refractivity contribution in [2.24, 2.45) is 11.7 Å². The first kappa shape index (κ1) is 24.0. The lowest BCUT2D eigenvalue weighted by Crippen LogP contribution is -2.19. The first-order chi connectivity index (χ1) is 16.3. The molecule has 1 fully saturated rings. The number of hydrogen-bond donors (Lipinski definition) is 1. The highest BCUT2D eigenvalue weighted by atomic mass is 35.5. The molecule has 0 unspecified atom stereocenters. The summed E-state index contributed by atoms with van der Waals surface area (Å²) in [6.45, 7) is 2.36. The van der Waals surface area contributed by atoms with Crippen LogP contribution in [-0.2, 0) is 0 Å². The molecule has 0 radical (unpaired) electrons. The zero-order valence-electron chi connectivity index (χ0n) is 18.8. The molecule has 0 aliphatic heterocycles. The maximum absolute atomic E-state index is 14.7. The fourth-order valence-electron chi connectivity index (χ4n) is 3.70. The van der Waals surface area contributed by atoms with Gasteiger partial charge < -0.3 is 15.4 Å². The number of hydrogen-bond acceptors (Lipinski definition) is 4. The lowest BCUT2D eigenvalue weighted by Gasteiger charge is -2.25. The number of allylic oxidation sites excluding steroid dienone is 1. The Morgan fingerprint density at radius 2 is 2.00 bits per heavy atom. The molecule has 2 N–H and O–H groups in total. The number of primary amides is 1. The maximum Gasteiger partial charge on any atom is 0.248 e. The molecule has 1 saturated carbocycles. The van der Waals surface area contributed by atoms with Crippen LogP contribution in [0.3, 0.4) is 0 Å². The average Bonchev–Trinajstić information content (AvgIpc) is 3.64. The Morgan fingerprint density at radius 3 is 2.65 bits per heavy atom. The van der Waals surface area contributed by atoms with E-state index in [9.17, 15) is 9.18 Å². The van der Waals surface area contributed by atoms with E-state index in [0.717, 1.165) is 12.8 Å². The summed E-state index contributed by atoms with van der Waals surface area (Å²) in [6.07, 6.45) is 5.65. The molecule has 176 valence electrons. The number of amides is 1. The number of benzene rings is 2. The number of rotatable bonds is 8. The quantitative estimate of drug-likeness (QED) is 0.380. The van der Waals surface area contributed by atoms with E-state index in [2.05, 4.69) is 4.98 Å². The van der Waals surface area contributed by atoms with E-state index >= 15 is 0 Å². The zero-order valence-corrected chi connectivity index (χ0v) is 20.3. The van der Waals surface area contributed by atoms with Gasteiger partial charge in [-0.25, -0.2) is 9.37 Å².